The number of phenolic OH excluding ortho intramolecular Hbond substituents is 2. The van der Waals surface area contributed by atoms with Crippen LogP contribution >= 0.6 is 0 Å². The Kier molecular flexibility index (Phi) is 11.0. The van der Waals surface area contributed by atoms with E-state index in [0.29, 0.717) is 50.0 Å². The van der Waals surface area contributed by atoms with Crippen molar-refractivity contribution in [2.75, 3.05) is 14.2 Å². The molecule has 2 aliphatic carbocycles. The van der Waals surface area contributed by atoms with Gasteiger partial charge >= 0.3 is 11.9 Å². The normalized spacial score (nSPS) is 22.9. The van der Waals surface area contributed by atoms with Crippen molar-refractivity contribution in [3.63, 3.8) is 0 Å². The van der Waals surface area contributed by atoms with Gasteiger partial charge in [0.15, 0.2) is 23.0 Å². The van der Waals surface area contributed by atoms with Crippen LogP contribution in [0.5, 0.6) is 23.0 Å². The molecule has 266 valence electrons. The van der Waals surface area contributed by atoms with Crippen LogP contribution in [0.4, 0.5) is 0 Å². The van der Waals surface area contributed by atoms with Crippen LogP contribution in [0.2, 0.25) is 0 Å². The Hall–Kier alpha value is -5.24. The minimum atomic E-state index is -0.571. The maximum atomic E-state index is 13.4. The molecular weight excluding hydrogens is 644 g/mol. The number of benzene rings is 4. The molecule has 1 saturated carbocycles. The molecule has 0 bridgehead atoms. The van der Waals surface area contributed by atoms with Gasteiger partial charge in [0, 0.05) is 25.7 Å². The van der Waals surface area contributed by atoms with E-state index in [1.165, 1.54) is 21.1 Å². The van der Waals surface area contributed by atoms with Gasteiger partial charge in [-0.3, -0.25) is 9.59 Å². The minimum Gasteiger partial charge on any atom is -0.504 e. The van der Waals surface area contributed by atoms with Gasteiger partial charge in [0.1, 0.15) is 12.2 Å². The maximum Gasteiger partial charge on any atom is 0.306 e. The van der Waals surface area contributed by atoms with E-state index < -0.39 is 23.6 Å². The first-order chi connectivity index (χ1) is 24.7. The van der Waals surface area contributed by atoms with E-state index in [1.807, 2.05) is 66.7 Å². The molecule has 8 nitrogen and oxygen atoms in total. The van der Waals surface area contributed by atoms with Crippen molar-refractivity contribution in [2.24, 2.45) is 11.3 Å². The highest BCUT2D eigenvalue weighted by atomic mass is 16.6. The Labute approximate surface area is 299 Å². The van der Waals surface area contributed by atoms with Gasteiger partial charge in [0.05, 0.1) is 14.2 Å². The van der Waals surface area contributed by atoms with Crippen LogP contribution in [0, 0.1) is 11.3 Å². The number of carbonyl (C=O) groups excluding carboxylic acids is 2. The number of methoxy groups -OCH3 is 2. The summed E-state index contributed by atoms with van der Waals surface area (Å²) in [5.41, 5.74) is 4.48. The molecule has 5 atom stereocenters. The van der Waals surface area contributed by atoms with E-state index in [2.05, 4.69) is 24.3 Å². The van der Waals surface area contributed by atoms with Gasteiger partial charge < -0.3 is 29.2 Å². The standard InChI is InChI=1S/C43H46O8/c1-28(44)50-39-25-35(51-42(47)17-14-29-10-6-4-7-11-29)20-33(31-15-16-37(45)40(23-31)48-2)26-43(19-18-30-12-8-5-9-13-30)27-34-22-38(46)41(49-3)24-32(34)21-36(39)43/h4-13,15-16,18-19,22-24,33,35-36,39,45-46H,14,17,20-21,25-27H2,1-3H3/b19-18+/t33-,35+,36+,39-,43-/m1/s1. The second kappa shape index (κ2) is 15.8. The lowest BCUT2D eigenvalue weighted by Crippen LogP contribution is -2.49. The van der Waals surface area contributed by atoms with Crippen LogP contribution in [0.25, 0.3) is 6.08 Å². The Morgan fingerprint density at radius 2 is 1.53 bits per heavy atom. The fraction of sp³-hybridized carbons (Fsp3) is 0.349. The van der Waals surface area contributed by atoms with Gasteiger partial charge in [-0.25, -0.2) is 0 Å². The molecule has 0 heterocycles. The fourth-order valence-electron chi connectivity index (χ4n) is 8.06. The van der Waals surface area contributed by atoms with Crippen molar-refractivity contribution < 1.29 is 38.7 Å². The first-order valence-electron chi connectivity index (χ1n) is 17.6. The summed E-state index contributed by atoms with van der Waals surface area (Å²) in [7, 11) is 3.05. The first-order valence-corrected chi connectivity index (χ1v) is 17.6. The van der Waals surface area contributed by atoms with Crippen LogP contribution in [-0.2, 0) is 38.3 Å². The lowest BCUT2D eigenvalue weighted by molar-refractivity contribution is -0.161. The highest BCUT2D eigenvalue weighted by Crippen LogP contribution is 2.54. The summed E-state index contributed by atoms with van der Waals surface area (Å²) in [6, 6.07) is 29.0. The van der Waals surface area contributed by atoms with E-state index in [-0.39, 0.29) is 35.7 Å². The van der Waals surface area contributed by atoms with Crippen LogP contribution in [0.3, 0.4) is 0 Å². The van der Waals surface area contributed by atoms with Crippen molar-refractivity contribution in [2.45, 2.75) is 70.0 Å². The first kappa shape index (κ1) is 35.6. The van der Waals surface area contributed by atoms with Crippen LogP contribution in [0.1, 0.15) is 66.3 Å². The van der Waals surface area contributed by atoms with Crippen molar-refractivity contribution >= 4 is 18.0 Å². The Bertz CT molecular complexity index is 1850. The van der Waals surface area contributed by atoms with Crippen LogP contribution < -0.4 is 9.47 Å². The molecule has 0 aromatic heterocycles. The molecule has 0 radical (unpaired) electrons. The second-order valence-electron chi connectivity index (χ2n) is 13.8. The summed E-state index contributed by atoms with van der Waals surface area (Å²) in [6.07, 6.45) is 6.55. The highest BCUT2D eigenvalue weighted by Gasteiger charge is 2.50. The van der Waals surface area contributed by atoms with Gasteiger partial charge in [-0.2, -0.15) is 0 Å². The zero-order chi connectivity index (χ0) is 36.0. The number of aryl methyl sites for hydroxylation is 1. The smallest absolute Gasteiger partial charge is 0.306 e. The number of hydrogen-bond acceptors (Lipinski definition) is 8. The summed E-state index contributed by atoms with van der Waals surface area (Å²) >= 11 is 0. The van der Waals surface area contributed by atoms with E-state index in [9.17, 15) is 19.8 Å². The number of allylic oxidation sites excluding steroid dienone is 1. The molecule has 8 heteroatoms. The number of esters is 2. The fourth-order valence-corrected chi connectivity index (χ4v) is 8.06. The monoisotopic (exact) mass is 690 g/mol. The van der Waals surface area contributed by atoms with Gasteiger partial charge in [0.25, 0.3) is 0 Å². The van der Waals surface area contributed by atoms with Crippen molar-refractivity contribution in [1.82, 2.24) is 0 Å². The van der Waals surface area contributed by atoms with Crippen molar-refractivity contribution in [3.05, 3.63) is 125 Å². The Balaban J connectivity index is 1.45. The number of carbonyl (C=O) groups is 2. The third kappa shape index (κ3) is 8.39. The van der Waals surface area contributed by atoms with Gasteiger partial charge in [-0.15, -0.1) is 0 Å². The van der Waals surface area contributed by atoms with E-state index in [4.69, 9.17) is 18.9 Å². The predicted molar refractivity (Wildman–Crippen MR) is 195 cm³/mol. The van der Waals surface area contributed by atoms with Crippen LogP contribution in [-0.4, -0.2) is 48.6 Å². The summed E-state index contributed by atoms with van der Waals surface area (Å²) in [6.45, 7) is 1.42. The Morgan fingerprint density at radius 1 is 0.824 bits per heavy atom. The van der Waals surface area contributed by atoms with E-state index in [0.717, 1.165) is 27.8 Å². The number of hydrogen-bond donors (Lipinski definition) is 2. The average molecular weight is 691 g/mol. The average Bonchev–Trinajstić information content (AvgIpc) is 3.12. The molecule has 6 rings (SSSR count). The molecular formula is C43H46O8. The number of phenols is 2. The maximum absolute atomic E-state index is 13.4. The summed E-state index contributed by atoms with van der Waals surface area (Å²) in [4.78, 5) is 26.2. The van der Waals surface area contributed by atoms with Crippen LogP contribution in [0.15, 0.2) is 97.1 Å². The number of aromatic hydroxyl groups is 2. The van der Waals surface area contributed by atoms with Gasteiger partial charge in [-0.1, -0.05) is 78.9 Å². The largest absolute Gasteiger partial charge is 0.504 e. The molecule has 0 spiro atoms. The Morgan fingerprint density at radius 3 is 2.24 bits per heavy atom. The number of fused-ring (bicyclic) bond motifs is 2. The third-order valence-corrected chi connectivity index (χ3v) is 10.5. The zero-order valence-electron chi connectivity index (χ0n) is 29.4. The van der Waals surface area contributed by atoms with Crippen molar-refractivity contribution in [1.29, 1.82) is 0 Å². The zero-order valence-corrected chi connectivity index (χ0v) is 29.4. The highest BCUT2D eigenvalue weighted by molar-refractivity contribution is 5.70. The molecule has 4 aromatic carbocycles. The lowest BCUT2D eigenvalue weighted by atomic mass is 9.56. The minimum absolute atomic E-state index is 0.0403. The molecule has 1 fully saturated rings. The molecule has 51 heavy (non-hydrogen) atoms. The number of rotatable bonds is 10. The topological polar surface area (TPSA) is 112 Å². The molecule has 2 aliphatic rings. The molecule has 2 N–H and O–H groups in total. The van der Waals surface area contributed by atoms with Gasteiger partial charge in [-0.05, 0) is 95.5 Å². The summed E-state index contributed by atoms with van der Waals surface area (Å²) < 4.78 is 23.5. The molecule has 0 unspecified atom stereocenters. The van der Waals surface area contributed by atoms with E-state index in [1.54, 1.807) is 12.1 Å². The second-order valence-corrected chi connectivity index (χ2v) is 13.8. The van der Waals surface area contributed by atoms with E-state index >= 15 is 0 Å². The molecule has 4 aromatic rings. The quantitative estimate of drug-likeness (QED) is 0.161. The molecule has 0 saturated heterocycles. The third-order valence-electron chi connectivity index (χ3n) is 10.5. The number of ether oxygens (including phenoxy) is 4. The molecule has 0 aliphatic heterocycles. The summed E-state index contributed by atoms with van der Waals surface area (Å²) in [5, 5.41) is 21.4. The van der Waals surface area contributed by atoms with Crippen molar-refractivity contribution in [3.8, 4) is 23.0 Å². The SMILES string of the molecule is COc1cc([C@@H]2C[C@H](OC(=O)CCc3ccccc3)C[C@@H](OC(C)=O)[C@@H]3Cc4cc(OC)c(O)cc4C[C@@]3(/C=C/c3ccccc3)C2)ccc1O. The van der Waals surface area contributed by atoms with Gasteiger partial charge in [0.2, 0.25) is 0 Å². The lowest BCUT2D eigenvalue weighted by Gasteiger charge is -2.50. The summed E-state index contributed by atoms with van der Waals surface area (Å²) in [5.74, 6) is -0.200. The predicted octanol–water partition coefficient (Wildman–Crippen LogP) is 7.97. The molecule has 0 amide bonds.